The van der Waals surface area contributed by atoms with E-state index in [0.29, 0.717) is 24.3 Å². The van der Waals surface area contributed by atoms with E-state index in [-0.39, 0.29) is 17.3 Å². The number of para-hydroxylation sites is 1. The molecule has 0 atom stereocenters. The van der Waals surface area contributed by atoms with Gasteiger partial charge in [0.05, 0.1) is 22.7 Å². The van der Waals surface area contributed by atoms with E-state index < -0.39 is 15.9 Å². The number of sulfonamides is 1. The van der Waals surface area contributed by atoms with Crippen molar-refractivity contribution in [3.63, 3.8) is 0 Å². The van der Waals surface area contributed by atoms with Gasteiger partial charge in [-0.1, -0.05) is 29.8 Å². The van der Waals surface area contributed by atoms with Crippen molar-refractivity contribution in [1.29, 1.82) is 0 Å². The summed E-state index contributed by atoms with van der Waals surface area (Å²) in [6.07, 6.45) is 1.95. The first-order valence-corrected chi connectivity index (χ1v) is 10.9. The fraction of sp³-hybridized carbons (Fsp3) is 0.333. The number of hydrogen-bond donors (Lipinski definition) is 1. The van der Waals surface area contributed by atoms with Crippen LogP contribution in [0.25, 0.3) is 0 Å². The third-order valence-electron chi connectivity index (χ3n) is 4.92. The molecule has 0 aromatic heterocycles. The lowest BCUT2D eigenvalue weighted by atomic mass is 10.1. The number of nitrogens with zero attached hydrogens (tertiary/aromatic N) is 2. The summed E-state index contributed by atoms with van der Waals surface area (Å²) in [6.45, 7) is 2.92. The van der Waals surface area contributed by atoms with E-state index in [4.69, 9.17) is 0 Å². The second kappa shape index (κ2) is 8.75. The van der Waals surface area contributed by atoms with Gasteiger partial charge in [0, 0.05) is 20.1 Å². The van der Waals surface area contributed by atoms with Gasteiger partial charge in [0.2, 0.25) is 15.9 Å². The lowest BCUT2D eigenvalue weighted by Gasteiger charge is -2.19. The first-order valence-electron chi connectivity index (χ1n) is 9.50. The smallest absolute Gasteiger partial charge is 0.255 e. The van der Waals surface area contributed by atoms with Crippen LogP contribution in [0.5, 0.6) is 0 Å². The van der Waals surface area contributed by atoms with Gasteiger partial charge in [-0.05, 0) is 44.0 Å². The van der Waals surface area contributed by atoms with E-state index in [9.17, 15) is 18.0 Å². The Labute approximate surface area is 171 Å². The summed E-state index contributed by atoms with van der Waals surface area (Å²) in [5.74, 6) is -0.635. The van der Waals surface area contributed by atoms with Crippen molar-refractivity contribution in [2.45, 2.75) is 24.7 Å². The third kappa shape index (κ3) is 4.83. The predicted octanol–water partition coefficient (Wildman–Crippen LogP) is 2.49. The van der Waals surface area contributed by atoms with Crippen molar-refractivity contribution in [2.24, 2.45) is 0 Å². The maximum Gasteiger partial charge on any atom is 0.255 e. The highest BCUT2D eigenvalue weighted by atomic mass is 32.2. The van der Waals surface area contributed by atoms with Crippen molar-refractivity contribution < 1.29 is 18.0 Å². The van der Waals surface area contributed by atoms with Crippen molar-refractivity contribution in [1.82, 2.24) is 9.21 Å². The molecule has 1 aliphatic rings. The van der Waals surface area contributed by atoms with E-state index in [1.165, 1.54) is 19.2 Å². The molecule has 7 nitrogen and oxygen atoms in total. The largest absolute Gasteiger partial charge is 0.339 e. The van der Waals surface area contributed by atoms with Gasteiger partial charge in [-0.25, -0.2) is 8.42 Å². The highest BCUT2D eigenvalue weighted by Crippen LogP contribution is 2.21. The molecule has 0 saturated carbocycles. The molecule has 2 amide bonds. The molecule has 1 aliphatic heterocycles. The van der Waals surface area contributed by atoms with E-state index in [1.807, 2.05) is 6.92 Å². The number of likely N-dealkylation sites (N-methyl/N-ethyl adjacent to an activating group) is 1. The lowest BCUT2D eigenvalue weighted by molar-refractivity contribution is -0.116. The molecule has 0 spiro atoms. The Morgan fingerprint density at radius 2 is 1.66 bits per heavy atom. The number of hydrogen-bond acceptors (Lipinski definition) is 4. The summed E-state index contributed by atoms with van der Waals surface area (Å²) in [7, 11) is -2.43. The number of benzene rings is 2. The fourth-order valence-electron chi connectivity index (χ4n) is 3.24. The Bertz CT molecular complexity index is 997. The lowest BCUT2D eigenvalue weighted by Crippen LogP contribution is -2.35. The molecule has 154 valence electrons. The molecule has 0 radical (unpaired) electrons. The van der Waals surface area contributed by atoms with Gasteiger partial charge in [-0.3, -0.25) is 9.59 Å². The maximum absolute atomic E-state index is 12.7. The Hall–Kier alpha value is -2.71. The van der Waals surface area contributed by atoms with Crippen LogP contribution in [-0.4, -0.2) is 56.1 Å². The Kier molecular flexibility index (Phi) is 6.34. The summed E-state index contributed by atoms with van der Waals surface area (Å²) in [4.78, 5) is 27.1. The molecule has 1 heterocycles. The van der Waals surface area contributed by atoms with Crippen molar-refractivity contribution in [2.75, 3.05) is 32.0 Å². The maximum atomic E-state index is 12.7. The first-order chi connectivity index (χ1) is 13.8. The number of aryl methyl sites for hydroxylation is 1. The van der Waals surface area contributed by atoms with Gasteiger partial charge in [-0.2, -0.15) is 4.31 Å². The van der Waals surface area contributed by atoms with Gasteiger partial charge in [0.1, 0.15) is 0 Å². The minimum Gasteiger partial charge on any atom is -0.339 e. The highest BCUT2D eigenvalue weighted by molar-refractivity contribution is 7.89. The van der Waals surface area contributed by atoms with Crippen LogP contribution in [0.4, 0.5) is 5.69 Å². The van der Waals surface area contributed by atoms with Crippen molar-refractivity contribution in [3.05, 3.63) is 59.7 Å². The zero-order valence-corrected chi connectivity index (χ0v) is 17.4. The number of rotatable bonds is 6. The summed E-state index contributed by atoms with van der Waals surface area (Å²) in [5.41, 5.74) is 1.74. The number of carbonyl (C=O) groups excluding carboxylic acids is 2. The molecular weight excluding hydrogens is 390 g/mol. The summed E-state index contributed by atoms with van der Waals surface area (Å²) < 4.78 is 26.3. The monoisotopic (exact) mass is 415 g/mol. The fourth-order valence-corrected chi connectivity index (χ4v) is 4.36. The van der Waals surface area contributed by atoms with Crippen LogP contribution < -0.4 is 5.32 Å². The molecule has 29 heavy (non-hydrogen) atoms. The molecule has 1 N–H and O–H groups in total. The normalized spacial score (nSPS) is 14.2. The Morgan fingerprint density at radius 1 is 1.03 bits per heavy atom. The van der Waals surface area contributed by atoms with Crippen LogP contribution in [0, 0.1) is 6.92 Å². The molecule has 1 saturated heterocycles. The number of nitrogens with one attached hydrogen (secondary N) is 1. The van der Waals surface area contributed by atoms with Gasteiger partial charge in [-0.15, -0.1) is 0 Å². The third-order valence-corrected chi connectivity index (χ3v) is 6.74. The average molecular weight is 416 g/mol. The zero-order valence-electron chi connectivity index (χ0n) is 16.6. The molecule has 0 bridgehead atoms. The molecule has 2 aromatic carbocycles. The van der Waals surface area contributed by atoms with Gasteiger partial charge in [0.25, 0.3) is 5.91 Å². The minimum atomic E-state index is -3.79. The quantitative estimate of drug-likeness (QED) is 0.785. The summed E-state index contributed by atoms with van der Waals surface area (Å²) in [6, 6.07) is 13.2. The number of likely N-dealkylation sites (tertiary alicyclic amines) is 1. The second-order valence-electron chi connectivity index (χ2n) is 7.17. The molecule has 1 fully saturated rings. The molecular formula is C21H25N3O4S. The topological polar surface area (TPSA) is 86.8 Å². The minimum absolute atomic E-state index is 0.126. The highest BCUT2D eigenvalue weighted by Gasteiger charge is 2.25. The zero-order chi connectivity index (χ0) is 21.0. The second-order valence-corrected chi connectivity index (χ2v) is 9.21. The molecule has 0 unspecified atom stereocenters. The summed E-state index contributed by atoms with van der Waals surface area (Å²) >= 11 is 0. The van der Waals surface area contributed by atoms with Gasteiger partial charge in [0.15, 0.2) is 0 Å². The van der Waals surface area contributed by atoms with Gasteiger partial charge >= 0.3 is 0 Å². The van der Waals surface area contributed by atoms with Crippen LogP contribution in [0.1, 0.15) is 28.8 Å². The van der Waals surface area contributed by atoms with Crippen LogP contribution in [0.3, 0.4) is 0 Å². The molecule has 2 aromatic rings. The van der Waals surface area contributed by atoms with Crippen LogP contribution in [-0.2, 0) is 14.8 Å². The van der Waals surface area contributed by atoms with E-state index in [1.54, 1.807) is 41.3 Å². The van der Waals surface area contributed by atoms with Crippen LogP contribution in [0.2, 0.25) is 0 Å². The van der Waals surface area contributed by atoms with Crippen molar-refractivity contribution >= 4 is 27.5 Å². The number of carbonyl (C=O) groups is 2. The SMILES string of the molecule is Cc1ccc(S(=O)(=O)N(C)CC(=O)Nc2ccccc2C(=O)N2CCCC2)cc1. The number of anilines is 1. The molecule has 3 rings (SSSR count). The Morgan fingerprint density at radius 3 is 2.31 bits per heavy atom. The standard InChI is InChI=1S/C21H25N3O4S/c1-16-9-11-17(12-10-16)29(27,28)23(2)15-20(25)22-19-8-4-3-7-18(19)21(26)24-13-5-6-14-24/h3-4,7-12H,5-6,13-15H2,1-2H3,(H,22,25). The molecule has 8 heteroatoms. The van der Waals surface area contributed by atoms with E-state index in [2.05, 4.69) is 5.32 Å². The van der Waals surface area contributed by atoms with Crippen LogP contribution >= 0.6 is 0 Å². The first kappa shape index (κ1) is 21.0. The van der Waals surface area contributed by atoms with E-state index in [0.717, 1.165) is 22.7 Å². The van der Waals surface area contributed by atoms with Crippen molar-refractivity contribution in [3.8, 4) is 0 Å². The predicted molar refractivity (Wildman–Crippen MR) is 111 cm³/mol. The number of amides is 2. The molecule has 0 aliphatic carbocycles. The average Bonchev–Trinajstić information content (AvgIpc) is 3.23. The van der Waals surface area contributed by atoms with Crippen LogP contribution in [0.15, 0.2) is 53.4 Å². The Balaban J connectivity index is 1.71. The summed E-state index contributed by atoms with van der Waals surface area (Å²) in [5, 5.41) is 2.69. The van der Waals surface area contributed by atoms with Gasteiger partial charge < -0.3 is 10.2 Å². The van der Waals surface area contributed by atoms with E-state index >= 15 is 0 Å².